The summed E-state index contributed by atoms with van der Waals surface area (Å²) in [6.07, 6.45) is 3.44. The summed E-state index contributed by atoms with van der Waals surface area (Å²) in [6.45, 7) is 3.80. The second-order valence-electron chi connectivity index (χ2n) is 3.72. The third kappa shape index (κ3) is 1.37. The number of nitrogens with zero attached hydrogens (tertiary/aromatic N) is 1. The lowest BCUT2D eigenvalue weighted by Crippen LogP contribution is -2.44. The van der Waals surface area contributed by atoms with Crippen molar-refractivity contribution < 1.29 is 4.79 Å². The number of carbonyl (C=O) groups excluding carboxylic acids is 1. The largest absolute Gasteiger partial charge is 0.333 e. The van der Waals surface area contributed by atoms with Gasteiger partial charge < -0.3 is 5.32 Å². The third-order valence-electron chi connectivity index (χ3n) is 2.53. The molecule has 0 bridgehead atoms. The molecule has 0 radical (unpaired) electrons. The van der Waals surface area contributed by atoms with Gasteiger partial charge in [0, 0.05) is 12.4 Å². The second kappa shape index (κ2) is 3.06. The lowest BCUT2D eigenvalue weighted by Gasteiger charge is -2.24. The molecule has 2 heterocycles. The topological polar surface area (TPSA) is 54.0 Å². The first-order chi connectivity index (χ1) is 6.62. The summed E-state index contributed by atoms with van der Waals surface area (Å²) in [7, 11) is 0. The van der Waals surface area contributed by atoms with Gasteiger partial charge in [0.15, 0.2) is 0 Å². The number of amides is 1. The Kier molecular flexibility index (Phi) is 2.00. The van der Waals surface area contributed by atoms with Crippen LogP contribution in [0.15, 0.2) is 24.5 Å². The van der Waals surface area contributed by atoms with Gasteiger partial charge in [-0.15, -0.1) is 0 Å². The van der Waals surface area contributed by atoms with Gasteiger partial charge in [0.25, 0.3) is 0 Å². The highest BCUT2D eigenvalue weighted by Gasteiger charge is 2.38. The quantitative estimate of drug-likeness (QED) is 0.674. The van der Waals surface area contributed by atoms with E-state index in [0.29, 0.717) is 0 Å². The minimum absolute atomic E-state index is 0.0318. The van der Waals surface area contributed by atoms with Gasteiger partial charge in [0.2, 0.25) is 5.91 Å². The molecule has 14 heavy (non-hydrogen) atoms. The normalized spacial score (nSPS) is 31.6. The van der Waals surface area contributed by atoms with Crippen LogP contribution in [0.5, 0.6) is 0 Å². The molecule has 1 aromatic rings. The van der Waals surface area contributed by atoms with Gasteiger partial charge in [-0.25, -0.2) is 0 Å². The minimum Gasteiger partial charge on any atom is -0.333 e. The summed E-state index contributed by atoms with van der Waals surface area (Å²) in [5.74, 6) is 0.0318. The van der Waals surface area contributed by atoms with Crippen LogP contribution in [0.4, 0.5) is 0 Å². The lowest BCUT2D eigenvalue weighted by molar-refractivity contribution is -0.120. The molecule has 2 N–H and O–H groups in total. The maximum Gasteiger partial charge on any atom is 0.238 e. The Hall–Kier alpha value is -1.42. The van der Waals surface area contributed by atoms with Crippen LogP contribution in [0, 0.1) is 0 Å². The van der Waals surface area contributed by atoms with E-state index in [2.05, 4.69) is 15.6 Å². The van der Waals surface area contributed by atoms with Gasteiger partial charge in [-0.1, -0.05) is 0 Å². The molecular formula is C10H13N3O. The second-order valence-corrected chi connectivity index (χ2v) is 3.72. The molecule has 1 saturated heterocycles. The van der Waals surface area contributed by atoms with E-state index in [9.17, 15) is 4.79 Å². The molecule has 2 rings (SSSR count). The Labute approximate surface area is 82.7 Å². The van der Waals surface area contributed by atoms with Gasteiger partial charge >= 0.3 is 0 Å². The number of aromatic nitrogens is 1. The van der Waals surface area contributed by atoms with Crippen LogP contribution in [-0.4, -0.2) is 16.9 Å². The van der Waals surface area contributed by atoms with E-state index in [4.69, 9.17) is 0 Å². The van der Waals surface area contributed by atoms with Crippen molar-refractivity contribution >= 4 is 5.91 Å². The summed E-state index contributed by atoms with van der Waals surface area (Å²) < 4.78 is 0. The molecule has 4 nitrogen and oxygen atoms in total. The van der Waals surface area contributed by atoms with Crippen molar-refractivity contribution in [2.75, 3.05) is 0 Å². The Morgan fingerprint density at radius 2 is 2.07 bits per heavy atom. The zero-order valence-corrected chi connectivity index (χ0v) is 8.24. The molecular weight excluding hydrogens is 178 g/mol. The average molecular weight is 191 g/mol. The Morgan fingerprint density at radius 3 is 2.57 bits per heavy atom. The molecule has 1 fully saturated rings. The Bertz CT molecular complexity index is 352. The van der Waals surface area contributed by atoms with E-state index >= 15 is 0 Å². The first-order valence-electron chi connectivity index (χ1n) is 4.62. The highest BCUT2D eigenvalue weighted by Crippen LogP contribution is 2.21. The fourth-order valence-corrected chi connectivity index (χ4v) is 1.73. The highest BCUT2D eigenvalue weighted by atomic mass is 16.2. The molecule has 0 aromatic carbocycles. The van der Waals surface area contributed by atoms with E-state index < -0.39 is 5.66 Å². The standard InChI is InChI=1S/C10H13N3O/c1-7-9(14)13-10(2,12-7)8-3-5-11-6-4-8/h3-7,12H,1-2H3,(H,13,14). The molecule has 2 unspecified atom stereocenters. The number of hydrogen-bond acceptors (Lipinski definition) is 3. The predicted molar refractivity (Wildman–Crippen MR) is 52.3 cm³/mol. The fraction of sp³-hybridized carbons (Fsp3) is 0.400. The number of carbonyl (C=O) groups is 1. The van der Waals surface area contributed by atoms with Crippen LogP contribution >= 0.6 is 0 Å². The first-order valence-corrected chi connectivity index (χ1v) is 4.62. The minimum atomic E-state index is -0.459. The van der Waals surface area contributed by atoms with Gasteiger partial charge in [-0.05, 0) is 31.5 Å². The summed E-state index contributed by atoms with van der Waals surface area (Å²) in [6, 6.07) is 3.64. The number of rotatable bonds is 1. The zero-order valence-electron chi connectivity index (χ0n) is 8.24. The Morgan fingerprint density at radius 1 is 1.43 bits per heavy atom. The van der Waals surface area contributed by atoms with Crippen molar-refractivity contribution in [2.45, 2.75) is 25.6 Å². The fourth-order valence-electron chi connectivity index (χ4n) is 1.73. The van der Waals surface area contributed by atoms with Crippen LogP contribution in [0.3, 0.4) is 0 Å². The predicted octanol–water partition coefficient (Wildman–Crippen LogP) is 0.362. The molecule has 0 spiro atoms. The smallest absolute Gasteiger partial charge is 0.238 e. The van der Waals surface area contributed by atoms with Crippen LogP contribution in [0.25, 0.3) is 0 Å². The average Bonchev–Trinajstić information content (AvgIpc) is 2.44. The van der Waals surface area contributed by atoms with Gasteiger partial charge in [0.05, 0.1) is 6.04 Å². The Balaban J connectivity index is 2.31. The number of nitrogens with one attached hydrogen (secondary N) is 2. The molecule has 0 saturated carbocycles. The SMILES string of the molecule is CC1NC(C)(c2ccncc2)NC1=O. The van der Waals surface area contributed by atoms with E-state index in [1.807, 2.05) is 26.0 Å². The number of hydrogen-bond donors (Lipinski definition) is 2. The van der Waals surface area contributed by atoms with E-state index in [-0.39, 0.29) is 11.9 Å². The highest BCUT2D eigenvalue weighted by molar-refractivity contribution is 5.84. The molecule has 1 aliphatic rings. The van der Waals surface area contributed by atoms with Crippen molar-refractivity contribution in [3.8, 4) is 0 Å². The van der Waals surface area contributed by atoms with E-state index in [1.165, 1.54) is 0 Å². The van der Waals surface area contributed by atoms with Crippen LogP contribution < -0.4 is 10.6 Å². The lowest BCUT2D eigenvalue weighted by atomic mass is 10.0. The van der Waals surface area contributed by atoms with Crippen molar-refractivity contribution in [2.24, 2.45) is 0 Å². The van der Waals surface area contributed by atoms with Crippen molar-refractivity contribution in [3.63, 3.8) is 0 Å². The third-order valence-corrected chi connectivity index (χ3v) is 2.53. The summed E-state index contributed by atoms with van der Waals surface area (Å²) >= 11 is 0. The van der Waals surface area contributed by atoms with E-state index in [1.54, 1.807) is 12.4 Å². The molecule has 2 atom stereocenters. The van der Waals surface area contributed by atoms with Crippen molar-refractivity contribution in [1.29, 1.82) is 0 Å². The molecule has 4 heteroatoms. The van der Waals surface area contributed by atoms with Crippen LogP contribution in [0.2, 0.25) is 0 Å². The molecule has 0 aliphatic carbocycles. The molecule has 1 aliphatic heterocycles. The van der Waals surface area contributed by atoms with Gasteiger partial charge in [-0.3, -0.25) is 15.1 Å². The summed E-state index contributed by atoms with van der Waals surface area (Å²) in [4.78, 5) is 15.3. The van der Waals surface area contributed by atoms with Crippen molar-refractivity contribution in [1.82, 2.24) is 15.6 Å². The monoisotopic (exact) mass is 191 g/mol. The first kappa shape index (κ1) is 9.15. The molecule has 1 aromatic heterocycles. The maximum absolute atomic E-state index is 11.4. The molecule has 74 valence electrons. The van der Waals surface area contributed by atoms with Crippen LogP contribution in [0.1, 0.15) is 19.4 Å². The maximum atomic E-state index is 11.4. The summed E-state index contributed by atoms with van der Waals surface area (Å²) in [5.41, 5.74) is 0.560. The number of pyridine rings is 1. The zero-order chi connectivity index (χ0) is 10.2. The van der Waals surface area contributed by atoms with Crippen LogP contribution in [-0.2, 0) is 10.5 Å². The van der Waals surface area contributed by atoms with Crippen molar-refractivity contribution in [3.05, 3.63) is 30.1 Å². The molecule has 1 amide bonds. The van der Waals surface area contributed by atoms with Gasteiger partial charge in [0.1, 0.15) is 5.66 Å². The van der Waals surface area contributed by atoms with E-state index in [0.717, 1.165) is 5.56 Å². The van der Waals surface area contributed by atoms with Gasteiger partial charge in [-0.2, -0.15) is 0 Å². The summed E-state index contributed by atoms with van der Waals surface area (Å²) in [5, 5.41) is 6.13.